The average Bonchev–Trinajstić information content (AvgIpc) is 2.57. The molecule has 1 aromatic carbocycles. The van der Waals surface area contributed by atoms with E-state index in [1.54, 1.807) is 13.0 Å². The minimum Gasteiger partial charge on any atom is -0.464 e. The van der Waals surface area contributed by atoms with E-state index in [0.717, 1.165) is 10.9 Å². The van der Waals surface area contributed by atoms with Crippen LogP contribution in [0.1, 0.15) is 11.1 Å². The molecule has 0 spiro atoms. The van der Waals surface area contributed by atoms with Gasteiger partial charge in [-0.3, -0.25) is 0 Å². The summed E-state index contributed by atoms with van der Waals surface area (Å²) >= 11 is 11.4. The predicted molar refractivity (Wildman–Crippen MR) is 55.5 cm³/mol. The van der Waals surface area contributed by atoms with Crippen molar-refractivity contribution in [2.24, 2.45) is 0 Å². The lowest BCUT2D eigenvalue weighted by Gasteiger charge is -2.00. The summed E-state index contributed by atoms with van der Waals surface area (Å²) in [7, 11) is 0. The third-order valence-electron chi connectivity index (χ3n) is 2.20. The number of furan rings is 1. The Bertz CT molecular complexity index is 490. The maximum Gasteiger partial charge on any atom is 0.148 e. The number of hydrogen-bond donors (Lipinski definition) is 0. The molecule has 4 heteroatoms. The van der Waals surface area contributed by atoms with E-state index < -0.39 is 5.82 Å². The number of fused-ring (bicyclic) bond motifs is 1. The molecule has 0 unspecified atom stereocenters. The molecule has 1 nitrogen and oxygen atoms in total. The minimum atomic E-state index is -0.436. The zero-order valence-corrected chi connectivity index (χ0v) is 8.92. The van der Waals surface area contributed by atoms with Crippen molar-refractivity contribution >= 4 is 34.2 Å². The topological polar surface area (TPSA) is 13.1 Å². The van der Waals surface area contributed by atoms with Crippen molar-refractivity contribution in [3.63, 3.8) is 0 Å². The Kier molecular flexibility index (Phi) is 2.41. The third-order valence-corrected chi connectivity index (χ3v) is 2.77. The molecule has 0 saturated heterocycles. The van der Waals surface area contributed by atoms with E-state index in [2.05, 4.69) is 0 Å². The van der Waals surface area contributed by atoms with E-state index in [0.29, 0.717) is 17.0 Å². The summed E-state index contributed by atoms with van der Waals surface area (Å²) in [6, 6.07) is 1.54. The zero-order valence-electron chi connectivity index (χ0n) is 7.40. The summed E-state index contributed by atoms with van der Waals surface area (Å²) < 4.78 is 18.6. The summed E-state index contributed by atoms with van der Waals surface area (Å²) in [6.45, 7) is 1.63. The number of halogens is 3. The summed E-state index contributed by atoms with van der Waals surface area (Å²) in [4.78, 5) is 0. The molecule has 0 amide bonds. The summed E-state index contributed by atoms with van der Waals surface area (Å²) in [6.07, 6.45) is 1.53. The Balaban J connectivity index is 2.86. The predicted octanol–water partition coefficient (Wildman–Crippen LogP) is 4.27. The molecule has 0 N–H and O–H groups in total. The van der Waals surface area contributed by atoms with Crippen molar-refractivity contribution in [2.75, 3.05) is 0 Å². The van der Waals surface area contributed by atoms with Crippen LogP contribution in [0.3, 0.4) is 0 Å². The number of aryl methyl sites for hydroxylation is 1. The molecule has 0 saturated carbocycles. The van der Waals surface area contributed by atoms with Crippen molar-refractivity contribution in [3.05, 3.63) is 34.3 Å². The molecule has 0 aliphatic carbocycles. The van der Waals surface area contributed by atoms with E-state index >= 15 is 0 Å². The van der Waals surface area contributed by atoms with Gasteiger partial charge in [0.2, 0.25) is 0 Å². The molecule has 1 heterocycles. The molecule has 0 radical (unpaired) electrons. The lowest BCUT2D eigenvalue weighted by molar-refractivity contribution is 0.589. The van der Waals surface area contributed by atoms with Crippen molar-refractivity contribution in [2.45, 2.75) is 12.8 Å². The molecule has 0 fully saturated rings. The van der Waals surface area contributed by atoms with Crippen molar-refractivity contribution < 1.29 is 8.81 Å². The van der Waals surface area contributed by atoms with Gasteiger partial charge in [-0.15, -0.1) is 11.6 Å². The van der Waals surface area contributed by atoms with Crippen molar-refractivity contribution in [3.8, 4) is 0 Å². The van der Waals surface area contributed by atoms with Gasteiger partial charge in [0.1, 0.15) is 11.4 Å². The van der Waals surface area contributed by atoms with E-state index in [1.807, 2.05) is 0 Å². The average molecular weight is 233 g/mol. The maximum atomic E-state index is 13.3. The Morgan fingerprint density at radius 3 is 2.86 bits per heavy atom. The fourth-order valence-electron chi connectivity index (χ4n) is 1.42. The second-order valence-electron chi connectivity index (χ2n) is 3.07. The van der Waals surface area contributed by atoms with Gasteiger partial charge in [-0.1, -0.05) is 11.6 Å². The molecule has 1 aromatic heterocycles. The van der Waals surface area contributed by atoms with E-state index in [4.69, 9.17) is 27.6 Å². The first kappa shape index (κ1) is 9.81. The highest BCUT2D eigenvalue weighted by molar-refractivity contribution is 6.31. The summed E-state index contributed by atoms with van der Waals surface area (Å²) in [5.41, 5.74) is 1.76. The fourth-order valence-corrected chi connectivity index (χ4v) is 1.88. The molecule has 2 aromatic rings. The van der Waals surface area contributed by atoms with Crippen LogP contribution in [0.25, 0.3) is 11.0 Å². The van der Waals surface area contributed by atoms with Crippen LogP contribution in [0.2, 0.25) is 5.02 Å². The zero-order chi connectivity index (χ0) is 10.3. The van der Waals surface area contributed by atoms with Gasteiger partial charge in [-0.25, -0.2) is 4.39 Å². The highest BCUT2D eigenvalue weighted by atomic mass is 35.5. The molecule has 0 bridgehead atoms. The number of rotatable bonds is 1. The standard InChI is InChI=1S/C10H7Cl2FO/c1-5-9(13)8(12)2-7-6(3-11)4-14-10(5)7/h2,4H,3H2,1H3. The van der Waals surface area contributed by atoms with E-state index in [-0.39, 0.29) is 5.02 Å². The minimum absolute atomic E-state index is 0.0998. The molecular formula is C10H7Cl2FO. The van der Waals surface area contributed by atoms with Crippen LogP contribution in [-0.4, -0.2) is 0 Å². The molecular weight excluding hydrogens is 226 g/mol. The van der Waals surface area contributed by atoms with Gasteiger partial charge < -0.3 is 4.42 Å². The van der Waals surface area contributed by atoms with Crippen molar-refractivity contribution in [1.29, 1.82) is 0 Å². The van der Waals surface area contributed by atoms with Crippen LogP contribution in [-0.2, 0) is 5.88 Å². The third kappa shape index (κ3) is 1.30. The number of benzene rings is 1. The van der Waals surface area contributed by atoms with Crippen LogP contribution in [0.15, 0.2) is 16.7 Å². The Morgan fingerprint density at radius 1 is 1.50 bits per heavy atom. The Hall–Kier alpha value is -0.730. The highest BCUT2D eigenvalue weighted by Gasteiger charge is 2.13. The van der Waals surface area contributed by atoms with Crippen LogP contribution < -0.4 is 0 Å². The quantitative estimate of drug-likeness (QED) is 0.670. The van der Waals surface area contributed by atoms with Gasteiger partial charge in [0.25, 0.3) is 0 Å². The smallest absolute Gasteiger partial charge is 0.148 e. The summed E-state index contributed by atoms with van der Waals surface area (Å²) in [5, 5.41) is 0.881. The maximum absolute atomic E-state index is 13.3. The monoisotopic (exact) mass is 232 g/mol. The van der Waals surface area contributed by atoms with E-state index in [1.165, 1.54) is 6.26 Å². The first-order valence-corrected chi connectivity index (χ1v) is 4.97. The second-order valence-corrected chi connectivity index (χ2v) is 3.74. The van der Waals surface area contributed by atoms with Gasteiger partial charge in [0.15, 0.2) is 0 Å². The van der Waals surface area contributed by atoms with Crippen LogP contribution in [0.4, 0.5) is 4.39 Å². The first-order chi connectivity index (χ1) is 6.65. The second kappa shape index (κ2) is 3.44. The van der Waals surface area contributed by atoms with Crippen molar-refractivity contribution in [1.82, 2.24) is 0 Å². The number of hydrogen-bond acceptors (Lipinski definition) is 1. The molecule has 0 aliphatic heterocycles. The normalized spacial score (nSPS) is 11.1. The molecule has 74 valence electrons. The molecule has 2 rings (SSSR count). The van der Waals surface area contributed by atoms with Crippen LogP contribution in [0.5, 0.6) is 0 Å². The lowest BCUT2D eigenvalue weighted by atomic mass is 10.1. The first-order valence-electron chi connectivity index (χ1n) is 4.05. The van der Waals surface area contributed by atoms with E-state index in [9.17, 15) is 4.39 Å². The summed E-state index contributed by atoms with van der Waals surface area (Å²) in [5.74, 6) is -0.108. The van der Waals surface area contributed by atoms with Crippen LogP contribution >= 0.6 is 23.2 Å². The fraction of sp³-hybridized carbons (Fsp3) is 0.200. The van der Waals surface area contributed by atoms with Gasteiger partial charge in [0, 0.05) is 16.5 Å². The van der Waals surface area contributed by atoms with Gasteiger partial charge in [-0.2, -0.15) is 0 Å². The highest BCUT2D eigenvalue weighted by Crippen LogP contribution is 2.31. The van der Waals surface area contributed by atoms with Crippen LogP contribution in [0, 0.1) is 12.7 Å². The Labute approximate surface area is 90.4 Å². The SMILES string of the molecule is Cc1c(F)c(Cl)cc2c(CCl)coc12. The lowest BCUT2D eigenvalue weighted by Crippen LogP contribution is -1.85. The van der Waals surface area contributed by atoms with Gasteiger partial charge >= 0.3 is 0 Å². The number of alkyl halides is 1. The molecule has 0 aliphatic rings. The van der Waals surface area contributed by atoms with Gasteiger partial charge in [-0.05, 0) is 13.0 Å². The Morgan fingerprint density at radius 2 is 2.21 bits per heavy atom. The largest absolute Gasteiger partial charge is 0.464 e. The molecule has 0 atom stereocenters. The van der Waals surface area contributed by atoms with Gasteiger partial charge in [0.05, 0.1) is 17.2 Å². The molecule has 14 heavy (non-hydrogen) atoms.